The van der Waals surface area contributed by atoms with Crippen molar-refractivity contribution in [3.05, 3.63) is 104 Å². The van der Waals surface area contributed by atoms with Gasteiger partial charge < -0.3 is 5.32 Å². The smallest absolute Gasteiger partial charge is 0.269 e. The topological polar surface area (TPSA) is 73.2 Å². The number of carbonyl (C=O) groups is 2. The largest absolute Gasteiger partial charge is 0.320 e. The van der Waals surface area contributed by atoms with Crippen molar-refractivity contribution in [3.63, 3.8) is 0 Å². The van der Waals surface area contributed by atoms with E-state index in [1.165, 1.54) is 22.7 Å². The molecule has 0 radical (unpaired) electrons. The molecule has 5 nitrogen and oxygen atoms in total. The Morgan fingerprint density at radius 2 is 1.74 bits per heavy atom. The lowest BCUT2D eigenvalue weighted by Crippen LogP contribution is -2.30. The molecular weight excluding hydrogens is 513 g/mol. The summed E-state index contributed by atoms with van der Waals surface area (Å²) >= 11 is 19.5. The Morgan fingerprint density at radius 1 is 1.00 bits per heavy atom. The molecule has 1 atom stereocenters. The summed E-state index contributed by atoms with van der Waals surface area (Å²) in [7, 11) is 0. The van der Waals surface area contributed by atoms with Gasteiger partial charge in [-0.15, -0.1) is 0 Å². The summed E-state index contributed by atoms with van der Waals surface area (Å²) in [6.45, 7) is 0. The number of amides is 2. The van der Waals surface area contributed by atoms with Gasteiger partial charge in [0.1, 0.15) is 16.7 Å². The van der Waals surface area contributed by atoms with Crippen LogP contribution in [0.3, 0.4) is 0 Å². The summed E-state index contributed by atoms with van der Waals surface area (Å²) in [5.74, 6) is -0.918. The summed E-state index contributed by atoms with van der Waals surface area (Å²) in [5.41, 5.74) is 1.50. The molecule has 1 aliphatic rings. The van der Waals surface area contributed by atoms with Crippen molar-refractivity contribution in [1.82, 2.24) is 0 Å². The predicted octanol–water partition coefficient (Wildman–Crippen LogP) is 6.71. The Bertz CT molecular complexity index is 1340. The molecule has 1 N–H and O–H groups in total. The molecule has 0 unspecified atom stereocenters. The van der Waals surface area contributed by atoms with Crippen LogP contribution in [-0.4, -0.2) is 17.1 Å². The molecule has 0 aliphatic carbocycles. The van der Waals surface area contributed by atoms with E-state index in [0.29, 0.717) is 22.2 Å². The number of halogens is 3. The summed E-state index contributed by atoms with van der Waals surface area (Å²) in [5, 5.41) is 13.5. The second-order valence-electron chi connectivity index (χ2n) is 7.32. The number of hydrogen-bond acceptors (Lipinski definition) is 4. The summed E-state index contributed by atoms with van der Waals surface area (Å²) in [6.07, 6.45) is 0.386. The zero-order chi connectivity index (χ0) is 24.2. The summed E-state index contributed by atoms with van der Waals surface area (Å²) in [6, 6.07) is 22.7. The van der Waals surface area contributed by atoms with Gasteiger partial charge in [-0.25, -0.2) is 0 Å². The Kier molecular flexibility index (Phi) is 7.50. The molecule has 0 bridgehead atoms. The minimum Gasteiger partial charge on any atom is -0.320 e. The summed E-state index contributed by atoms with van der Waals surface area (Å²) in [4.78, 5) is 28.0. The maximum atomic E-state index is 13.5. The van der Waals surface area contributed by atoms with E-state index in [2.05, 4.69) is 5.32 Å². The predicted molar refractivity (Wildman–Crippen MR) is 138 cm³/mol. The molecule has 170 valence electrons. The molecule has 3 aromatic carbocycles. The van der Waals surface area contributed by atoms with Gasteiger partial charge in [0.2, 0.25) is 5.91 Å². The van der Waals surface area contributed by atoms with E-state index in [4.69, 9.17) is 34.8 Å². The van der Waals surface area contributed by atoms with Gasteiger partial charge in [0.15, 0.2) is 0 Å². The van der Waals surface area contributed by atoms with Crippen molar-refractivity contribution in [2.75, 3.05) is 10.2 Å². The maximum Gasteiger partial charge on any atom is 0.269 e. The highest BCUT2D eigenvalue weighted by Crippen LogP contribution is 2.42. The number of para-hydroxylation sites is 1. The Balaban J connectivity index is 1.73. The number of rotatable bonds is 5. The minimum atomic E-state index is -0.689. The summed E-state index contributed by atoms with van der Waals surface area (Å²) < 4.78 is 0. The van der Waals surface area contributed by atoms with Crippen molar-refractivity contribution in [2.45, 2.75) is 11.7 Å². The quantitative estimate of drug-likeness (QED) is 0.295. The average Bonchev–Trinajstić information content (AvgIpc) is 3.12. The van der Waals surface area contributed by atoms with Crippen LogP contribution in [-0.2, 0) is 16.0 Å². The molecule has 9 heteroatoms. The number of anilines is 2. The highest BCUT2D eigenvalue weighted by molar-refractivity contribution is 8.05. The first kappa shape index (κ1) is 24.2. The molecule has 2 amide bonds. The molecule has 1 fully saturated rings. The van der Waals surface area contributed by atoms with Crippen LogP contribution in [0.4, 0.5) is 11.4 Å². The molecule has 1 saturated heterocycles. The second-order valence-corrected chi connectivity index (χ2v) is 9.79. The lowest BCUT2D eigenvalue weighted by Gasteiger charge is -2.18. The Morgan fingerprint density at radius 3 is 2.44 bits per heavy atom. The molecule has 3 aromatic rings. The van der Waals surface area contributed by atoms with Gasteiger partial charge in [0.05, 0.1) is 16.0 Å². The van der Waals surface area contributed by atoms with Crippen molar-refractivity contribution in [1.29, 1.82) is 5.26 Å². The van der Waals surface area contributed by atoms with E-state index in [1.807, 2.05) is 24.3 Å². The highest BCUT2D eigenvalue weighted by Gasteiger charge is 2.40. The molecule has 0 aromatic heterocycles. The second kappa shape index (κ2) is 10.5. The lowest BCUT2D eigenvalue weighted by atomic mass is 10.1. The van der Waals surface area contributed by atoms with Crippen LogP contribution in [0.25, 0.3) is 0 Å². The van der Waals surface area contributed by atoms with Crippen LogP contribution in [0.2, 0.25) is 15.1 Å². The first-order valence-corrected chi connectivity index (χ1v) is 12.1. The number of thioether (sulfide) groups is 1. The Labute approximate surface area is 215 Å². The first-order valence-electron chi connectivity index (χ1n) is 10.1. The zero-order valence-electron chi connectivity index (χ0n) is 17.5. The van der Waals surface area contributed by atoms with Gasteiger partial charge in [0.25, 0.3) is 5.91 Å². The molecular formula is C25H16Cl3N3O2S. The van der Waals surface area contributed by atoms with Gasteiger partial charge in [-0.05, 0) is 54.4 Å². The zero-order valence-corrected chi connectivity index (χ0v) is 20.6. The van der Waals surface area contributed by atoms with Gasteiger partial charge in [-0.1, -0.05) is 76.9 Å². The van der Waals surface area contributed by atoms with Crippen LogP contribution in [0.15, 0.2) is 83.4 Å². The third-order valence-corrected chi connectivity index (χ3v) is 7.07. The normalized spacial score (nSPS) is 16.8. The highest BCUT2D eigenvalue weighted by atomic mass is 35.5. The van der Waals surface area contributed by atoms with E-state index < -0.39 is 11.2 Å². The minimum absolute atomic E-state index is 0.202. The van der Waals surface area contributed by atoms with Crippen LogP contribution in [0.1, 0.15) is 5.56 Å². The molecule has 4 rings (SSSR count). The molecule has 1 aliphatic heterocycles. The molecule has 0 spiro atoms. The number of hydrogen-bond donors (Lipinski definition) is 1. The van der Waals surface area contributed by atoms with Gasteiger partial charge in [-0.3, -0.25) is 14.5 Å². The van der Waals surface area contributed by atoms with Gasteiger partial charge >= 0.3 is 0 Å². The fourth-order valence-corrected chi connectivity index (χ4v) is 5.31. The van der Waals surface area contributed by atoms with E-state index in [9.17, 15) is 14.9 Å². The van der Waals surface area contributed by atoms with E-state index in [1.54, 1.807) is 48.5 Å². The van der Waals surface area contributed by atoms with E-state index in [-0.39, 0.29) is 27.2 Å². The number of benzene rings is 3. The monoisotopic (exact) mass is 527 g/mol. The van der Waals surface area contributed by atoms with E-state index >= 15 is 0 Å². The third-order valence-electron chi connectivity index (χ3n) is 5.01. The van der Waals surface area contributed by atoms with Crippen molar-refractivity contribution < 1.29 is 9.59 Å². The molecule has 0 saturated carbocycles. The average molecular weight is 529 g/mol. The van der Waals surface area contributed by atoms with Crippen LogP contribution < -0.4 is 10.2 Å². The SMILES string of the molecule is N#C/C(C(=O)Nc1cc(Cl)ccc1Cl)=C1/S[C@@H](Cc2cccc(Cl)c2)C(=O)N1c1ccccc1. The van der Waals surface area contributed by atoms with Gasteiger partial charge in [-0.2, -0.15) is 5.26 Å². The number of carbonyl (C=O) groups excluding carboxylic acids is 2. The Hall–Kier alpha value is -2.95. The fraction of sp³-hybridized carbons (Fsp3) is 0.0800. The molecule has 34 heavy (non-hydrogen) atoms. The van der Waals surface area contributed by atoms with Crippen molar-refractivity contribution >= 4 is 69.8 Å². The number of nitrogens with zero attached hydrogens (tertiary/aromatic N) is 2. The lowest BCUT2D eigenvalue weighted by molar-refractivity contribution is -0.117. The third kappa shape index (κ3) is 5.24. The standard InChI is InChI=1S/C25H16Cl3N3O2S/c26-16-6-4-5-15(11-16)12-22-24(33)31(18-7-2-1-3-8-18)25(34-22)19(14-29)23(32)30-21-13-17(27)9-10-20(21)28/h1-11,13,22H,12H2,(H,30,32)/b25-19-/t22-/m0/s1. The van der Waals surface area contributed by atoms with Gasteiger partial charge in [0, 0.05) is 15.7 Å². The van der Waals surface area contributed by atoms with Crippen molar-refractivity contribution in [3.8, 4) is 6.07 Å². The maximum absolute atomic E-state index is 13.5. The number of nitriles is 1. The van der Waals surface area contributed by atoms with Crippen LogP contribution >= 0.6 is 46.6 Å². The first-order chi connectivity index (χ1) is 16.4. The van der Waals surface area contributed by atoms with Crippen LogP contribution in [0.5, 0.6) is 0 Å². The van der Waals surface area contributed by atoms with E-state index in [0.717, 1.165) is 5.56 Å². The van der Waals surface area contributed by atoms with Crippen LogP contribution in [0, 0.1) is 11.3 Å². The number of nitrogens with one attached hydrogen (secondary N) is 1. The fourth-order valence-electron chi connectivity index (χ4n) is 3.46. The molecule has 1 heterocycles. The van der Waals surface area contributed by atoms with Crippen molar-refractivity contribution in [2.24, 2.45) is 0 Å².